The summed E-state index contributed by atoms with van der Waals surface area (Å²) in [5, 5.41) is 9.64. The molecule has 2 aromatic rings. The molecule has 5 heteroatoms. The summed E-state index contributed by atoms with van der Waals surface area (Å²) >= 11 is 0. The Balaban J connectivity index is 1.99. The van der Waals surface area contributed by atoms with Gasteiger partial charge in [0.25, 0.3) is 0 Å². The summed E-state index contributed by atoms with van der Waals surface area (Å²) in [6.07, 6.45) is 3.19. The van der Waals surface area contributed by atoms with Crippen LogP contribution in [-0.4, -0.2) is 40.3 Å². The zero-order valence-electron chi connectivity index (χ0n) is 11.1. The molecule has 2 aromatic heterocycles. The summed E-state index contributed by atoms with van der Waals surface area (Å²) in [7, 11) is 0. The van der Waals surface area contributed by atoms with Gasteiger partial charge in [-0.1, -0.05) is 13.0 Å². The Bertz CT molecular complexity index is 567. The number of aliphatic hydroxyl groups excluding tert-OH is 1. The van der Waals surface area contributed by atoms with Crippen LogP contribution in [0.25, 0.3) is 5.65 Å². The van der Waals surface area contributed by atoms with Crippen LogP contribution in [0.2, 0.25) is 0 Å². The number of imidazole rings is 1. The first kappa shape index (κ1) is 12.4. The van der Waals surface area contributed by atoms with Gasteiger partial charge in [-0.25, -0.2) is 4.98 Å². The normalized spacial score (nSPS) is 20.1. The van der Waals surface area contributed by atoms with Gasteiger partial charge in [-0.15, -0.1) is 0 Å². The fourth-order valence-electron chi connectivity index (χ4n) is 2.59. The van der Waals surface area contributed by atoms with Gasteiger partial charge in [-0.2, -0.15) is 0 Å². The van der Waals surface area contributed by atoms with E-state index in [2.05, 4.69) is 16.8 Å². The van der Waals surface area contributed by atoms with Crippen molar-refractivity contribution in [3.05, 3.63) is 30.1 Å². The van der Waals surface area contributed by atoms with E-state index in [1.807, 2.05) is 28.8 Å². The van der Waals surface area contributed by atoms with Crippen molar-refractivity contribution >= 4 is 11.5 Å². The number of rotatable bonds is 3. The van der Waals surface area contributed by atoms with E-state index in [1.54, 1.807) is 0 Å². The Morgan fingerprint density at radius 2 is 2.37 bits per heavy atom. The highest BCUT2D eigenvalue weighted by atomic mass is 16.5. The monoisotopic (exact) mass is 261 g/mol. The lowest BCUT2D eigenvalue weighted by atomic mass is 10.2. The lowest BCUT2D eigenvalue weighted by Crippen LogP contribution is -2.42. The molecule has 0 saturated carbocycles. The molecule has 0 radical (unpaired) electrons. The first-order chi connectivity index (χ1) is 9.33. The number of anilines is 1. The second-order valence-corrected chi connectivity index (χ2v) is 4.82. The lowest BCUT2D eigenvalue weighted by molar-refractivity contribution is 0.0380. The molecular weight excluding hydrogens is 242 g/mol. The molecule has 0 aromatic carbocycles. The zero-order chi connectivity index (χ0) is 13.2. The van der Waals surface area contributed by atoms with Gasteiger partial charge in [0.05, 0.1) is 25.0 Å². The summed E-state index contributed by atoms with van der Waals surface area (Å²) < 4.78 is 7.64. The van der Waals surface area contributed by atoms with E-state index in [0.717, 1.165) is 43.3 Å². The summed E-state index contributed by atoms with van der Waals surface area (Å²) in [6.45, 7) is 4.51. The van der Waals surface area contributed by atoms with Crippen molar-refractivity contribution < 1.29 is 9.84 Å². The molecule has 1 N–H and O–H groups in total. The Labute approximate surface area is 112 Å². The molecule has 3 rings (SSSR count). The van der Waals surface area contributed by atoms with E-state index in [4.69, 9.17) is 4.74 Å². The number of pyridine rings is 1. The number of nitrogens with zero attached hydrogens (tertiary/aromatic N) is 3. The van der Waals surface area contributed by atoms with Crippen molar-refractivity contribution in [1.82, 2.24) is 9.38 Å². The fraction of sp³-hybridized carbons (Fsp3) is 0.500. The average Bonchev–Trinajstić information content (AvgIpc) is 2.86. The number of aromatic nitrogens is 2. The number of aliphatic hydroxyl groups is 1. The molecule has 1 unspecified atom stereocenters. The lowest BCUT2D eigenvalue weighted by Gasteiger charge is -2.33. The van der Waals surface area contributed by atoms with Crippen molar-refractivity contribution in [2.45, 2.75) is 26.1 Å². The van der Waals surface area contributed by atoms with Crippen LogP contribution in [0.5, 0.6) is 0 Å². The maximum Gasteiger partial charge on any atom is 0.153 e. The Morgan fingerprint density at radius 3 is 3.16 bits per heavy atom. The van der Waals surface area contributed by atoms with Crippen LogP contribution in [0.3, 0.4) is 0 Å². The molecule has 3 heterocycles. The van der Waals surface area contributed by atoms with Gasteiger partial charge in [0.2, 0.25) is 0 Å². The van der Waals surface area contributed by atoms with Crippen LogP contribution >= 0.6 is 0 Å². The first-order valence-corrected chi connectivity index (χ1v) is 6.77. The molecule has 0 bridgehead atoms. The van der Waals surface area contributed by atoms with Crippen molar-refractivity contribution in [3.63, 3.8) is 0 Å². The van der Waals surface area contributed by atoms with Crippen molar-refractivity contribution in [3.8, 4) is 0 Å². The first-order valence-electron chi connectivity index (χ1n) is 6.77. The quantitative estimate of drug-likeness (QED) is 0.908. The Kier molecular flexibility index (Phi) is 3.40. The van der Waals surface area contributed by atoms with Gasteiger partial charge >= 0.3 is 0 Å². The highest BCUT2D eigenvalue weighted by Gasteiger charge is 2.24. The van der Waals surface area contributed by atoms with Crippen molar-refractivity contribution in [1.29, 1.82) is 0 Å². The zero-order valence-corrected chi connectivity index (χ0v) is 11.1. The molecule has 0 amide bonds. The van der Waals surface area contributed by atoms with E-state index < -0.39 is 0 Å². The third-order valence-electron chi connectivity index (χ3n) is 3.65. The summed E-state index contributed by atoms with van der Waals surface area (Å²) in [5.74, 6) is 0.885. The minimum absolute atomic E-state index is 0.00530. The SMILES string of the molecule is CCC1CN(c2nc3ccccn3c2CO)CCO1. The number of hydrogen-bond donors (Lipinski definition) is 1. The third-order valence-corrected chi connectivity index (χ3v) is 3.65. The molecule has 102 valence electrons. The van der Waals surface area contributed by atoms with Crippen molar-refractivity contribution in [2.24, 2.45) is 0 Å². The van der Waals surface area contributed by atoms with E-state index >= 15 is 0 Å². The van der Waals surface area contributed by atoms with Crippen LogP contribution in [-0.2, 0) is 11.3 Å². The maximum absolute atomic E-state index is 9.64. The topological polar surface area (TPSA) is 50.0 Å². The summed E-state index contributed by atoms with van der Waals surface area (Å²) in [5.41, 5.74) is 1.73. The second kappa shape index (κ2) is 5.19. The fourth-order valence-corrected chi connectivity index (χ4v) is 2.59. The number of ether oxygens (including phenoxy) is 1. The molecule has 19 heavy (non-hydrogen) atoms. The molecular formula is C14H19N3O2. The molecule has 0 aliphatic carbocycles. The van der Waals surface area contributed by atoms with Gasteiger partial charge in [-0.05, 0) is 18.6 Å². The molecule has 1 aliphatic rings. The van der Waals surface area contributed by atoms with Gasteiger partial charge < -0.3 is 14.7 Å². The van der Waals surface area contributed by atoms with Crippen molar-refractivity contribution in [2.75, 3.05) is 24.6 Å². The largest absolute Gasteiger partial charge is 0.390 e. The highest BCUT2D eigenvalue weighted by Crippen LogP contribution is 2.24. The molecule has 5 nitrogen and oxygen atoms in total. The average molecular weight is 261 g/mol. The minimum Gasteiger partial charge on any atom is -0.390 e. The van der Waals surface area contributed by atoms with Crippen LogP contribution in [0, 0.1) is 0 Å². The number of fused-ring (bicyclic) bond motifs is 1. The number of hydrogen-bond acceptors (Lipinski definition) is 4. The van der Waals surface area contributed by atoms with Crippen LogP contribution in [0.15, 0.2) is 24.4 Å². The Morgan fingerprint density at radius 1 is 1.47 bits per heavy atom. The van der Waals surface area contributed by atoms with Gasteiger partial charge in [-0.3, -0.25) is 4.40 Å². The van der Waals surface area contributed by atoms with Crippen LogP contribution < -0.4 is 4.90 Å². The molecule has 1 fully saturated rings. The summed E-state index contributed by atoms with van der Waals surface area (Å²) in [6, 6.07) is 5.87. The Hall–Kier alpha value is -1.59. The van der Waals surface area contributed by atoms with Gasteiger partial charge in [0.1, 0.15) is 5.65 Å². The molecule has 1 aliphatic heterocycles. The second-order valence-electron chi connectivity index (χ2n) is 4.82. The van der Waals surface area contributed by atoms with Crippen LogP contribution in [0.4, 0.5) is 5.82 Å². The van der Waals surface area contributed by atoms with Crippen LogP contribution in [0.1, 0.15) is 19.0 Å². The van der Waals surface area contributed by atoms with Gasteiger partial charge in [0.15, 0.2) is 5.82 Å². The van der Waals surface area contributed by atoms with E-state index in [0.29, 0.717) is 0 Å². The summed E-state index contributed by atoms with van der Waals surface area (Å²) in [4.78, 5) is 6.87. The highest BCUT2D eigenvalue weighted by molar-refractivity contribution is 5.56. The standard InChI is InChI=1S/C14H19N3O2/c1-2-11-9-16(7-8-19-11)14-12(10-18)17-6-4-3-5-13(17)15-14/h3-6,11,18H,2,7-10H2,1H3. The molecule has 0 spiro atoms. The maximum atomic E-state index is 9.64. The van der Waals surface area contributed by atoms with E-state index in [9.17, 15) is 5.11 Å². The van der Waals surface area contributed by atoms with Gasteiger partial charge in [0, 0.05) is 19.3 Å². The third kappa shape index (κ3) is 2.19. The number of morpholine rings is 1. The smallest absolute Gasteiger partial charge is 0.153 e. The van der Waals surface area contributed by atoms with E-state index in [1.165, 1.54) is 0 Å². The van der Waals surface area contributed by atoms with E-state index in [-0.39, 0.29) is 12.7 Å². The molecule has 1 atom stereocenters. The molecule has 1 saturated heterocycles. The predicted molar refractivity (Wildman–Crippen MR) is 73.4 cm³/mol. The predicted octanol–water partition coefficient (Wildman–Crippen LogP) is 1.44. The minimum atomic E-state index is -0.00530.